The molecular formula is C10H16O. The van der Waals surface area contributed by atoms with E-state index in [9.17, 15) is 5.11 Å². The Bertz CT molecular complexity index is 177. The number of allylic oxidation sites excluding steroid dienone is 2. The summed E-state index contributed by atoms with van der Waals surface area (Å²) in [6, 6.07) is 0. The molecule has 0 aromatic carbocycles. The lowest BCUT2D eigenvalue weighted by atomic mass is 9.89. The van der Waals surface area contributed by atoms with Gasteiger partial charge in [-0.15, -0.1) is 0 Å². The zero-order valence-corrected chi connectivity index (χ0v) is 7.14. The van der Waals surface area contributed by atoms with Crippen molar-refractivity contribution in [2.24, 2.45) is 0 Å². The van der Waals surface area contributed by atoms with E-state index in [0.29, 0.717) is 0 Å². The van der Waals surface area contributed by atoms with Crippen LogP contribution in [-0.4, -0.2) is 11.2 Å². The van der Waals surface area contributed by atoms with Crippen LogP contribution in [0, 0.1) is 0 Å². The third-order valence-corrected chi connectivity index (χ3v) is 2.31. The summed E-state index contributed by atoms with van der Waals surface area (Å²) < 4.78 is 0. The maximum Gasteiger partial charge on any atom is 0.0727 e. The van der Waals surface area contributed by atoms with Crippen LogP contribution in [0.3, 0.4) is 0 Å². The molecule has 0 amide bonds. The molecule has 0 aromatic rings. The topological polar surface area (TPSA) is 20.2 Å². The van der Waals surface area contributed by atoms with Crippen molar-refractivity contribution in [3.63, 3.8) is 0 Å². The Balaban J connectivity index is 2.81. The second kappa shape index (κ2) is 3.72. The number of hydrogen-bond acceptors (Lipinski definition) is 1. The van der Waals surface area contributed by atoms with Crippen LogP contribution in [-0.2, 0) is 0 Å². The first kappa shape index (κ1) is 8.54. The van der Waals surface area contributed by atoms with Crippen LogP contribution in [0.4, 0.5) is 0 Å². The van der Waals surface area contributed by atoms with E-state index in [4.69, 9.17) is 0 Å². The lowest BCUT2D eigenvalue weighted by Crippen LogP contribution is -2.10. The Hall–Kier alpha value is -0.560. The van der Waals surface area contributed by atoms with Crippen LogP contribution in [0.5, 0.6) is 0 Å². The molecule has 62 valence electrons. The molecule has 0 aromatic heterocycles. The van der Waals surface area contributed by atoms with Gasteiger partial charge in [0.1, 0.15) is 0 Å². The van der Waals surface area contributed by atoms with E-state index < -0.39 is 0 Å². The highest BCUT2D eigenvalue weighted by atomic mass is 16.3. The standard InChI is InChI=1S/C10H16O/c1-3-9-6-4-5-7-10(9)8(2)11/h3,8,11H,1,4-7H2,2H3. The minimum atomic E-state index is -0.275. The first-order valence-corrected chi connectivity index (χ1v) is 4.28. The Morgan fingerprint density at radius 1 is 1.45 bits per heavy atom. The molecular weight excluding hydrogens is 136 g/mol. The van der Waals surface area contributed by atoms with Crippen LogP contribution in [0.2, 0.25) is 0 Å². The third kappa shape index (κ3) is 1.93. The SMILES string of the molecule is C=CC1=C(C(C)O)CCCC1. The molecule has 1 heteroatoms. The Morgan fingerprint density at radius 3 is 2.55 bits per heavy atom. The first-order valence-electron chi connectivity index (χ1n) is 4.28. The largest absolute Gasteiger partial charge is 0.389 e. The summed E-state index contributed by atoms with van der Waals surface area (Å²) in [5, 5.41) is 9.37. The molecule has 1 rings (SSSR count). The maximum absolute atomic E-state index is 9.37. The molecule has 1 aliphatic carbocycles. The highest BCUT2D eigenvalue weighted by Crippen LogP contribution is 2.27. The molecule has 0 fully saturated rings. The summed E-state index contributed by atoms with van der Waals surface area (Å²) in [5.74, 6) is 0. The van der Waals surface area contributed by atoms with Gasteiger partial charge in [-0.3, -0.25) is 0 Å². The van der Waals surface area contributed by atoms with Gasteiger partial charge < -0.3 is 5.11 Å². The van der Waals surface area contributed by atoms with Gasteiger partial charge in [-0.2, -0.15) is 0 Å². The summed E-state index contributed by atoms with van der Waals surface area (Å²) in [7, 11) is 0. The number of rotatable bonds is 2. The van der Waals surface area contributed by atoms with E-state index in [0.717, 1.165) is 12.8 Å². The van der Waals surface area contributed by atoms with Crippen LogP contribution >= 0.6 is 0 Å². The molecule has 0 saturated carbocycles. The highest BCUT2D eigenvalue weighted by Gasteiger charge is 2.13. The van der Waals surface area contributed by atoms with Crippen molar-refractivity contribution >= 4 is 0 Å². The average molecular weight is 152 g/mol. The zero-order chi connectivity index (χ0) is 8.27. The van der Waals surface area contributed by atoms with Crippen molar-refractivity contribution < 1.29 is 5.11 Å². The molecule has 1 unspecified atom stereocenters. The lowest BCUT2D eigenvalue weighted by molar-refractivity contribution is 0.223. The van der Waals surface area contributed by atoms with Crippen molar-refractivity contribution in [2.75, 3.05) is 0 Å². The molecule has 1 nitrogen and oxygen atoms in total. The number of hydrogen-bond donors (Lipinski definition) is 1. The highest BCUT2D eigenvalue weighted by molar-refractivity contribution is 5.28. The Kier molecular flexibility index (Phi) is 2.89. The summed E-state index contributed by atoms with van der Waals surface area (Å²) in [5.41, 5.74) is 2.47. The molecule has 0 bridgehead atoms. The van der Waals surface area contributed by atoms with Gasteiger partial charge in [0.25, 0.3) is 0 Å². The van der Waals surface area contributed by atoms with Gasteiger partial charge in [-0.05, 0) is 43.8 Å². The molecule has 1 aliphatic rings. The quantitative estimate of drug-likeness (QED) is 0.644. The zero-order valence-electron chi connectivity index (χ0n) is 7.14. The van der Waals surface area contributed by atoms with E-state index >= 15 is 0 Å². The van der Waals surface area contributed by atoms with E-state index in [2.05, 4.69) is 6.58 Å². The second-order valence-corrected chi connectivity index (χ2v) is 3.14. The van der Waals surface area contributed by atoms with Crippen molar-refractivity contribution in [1.82, 2.24) is 0 Å². The second-order valence-electron chi connectivity index (χ2n) is 3.14. The number of aliphatic hydroxyl groups is 1. The van der Waals surface area contributed by atoms with Gasteiger partial charge in [-0.25, -0.2) is 0 Å². The fraction of sp³-hybridized carbons (Fsp3) is 0.600. The van der Waals surface area contributed by atoms with Crippen molar-refractivity contribution in [1.29, 1.82) is 0 Å². The van der Waals surface area contributed by atoms with Crippen molar-refractivity contribution in [3.8, 4) is 0 Å². The van der Waals surface area contributed by atoms with Gasteiger partial charge in [0, 0.05) is 0 Å². The third-order valence-electron chi connectivity index (χ3n) is 2.31. The fourth-order valence-corrected chi connectivity index (χ4v) is 1.66. The monoisotopic (exact) mass is 152 g/mol. The molecule has 1 N–H and O–H groups in total. The van der Waals surface area contributed by atoms with Crippen LogP contribution < -0.4 is 0 Å². The summed E-state index contributed by atoms with van der Waals surface area (Å²) in [4.78, 5) is 0. The van der Waals surface area contributed by atoms with Gasteiger partial charge >= 0.3 is 0 Å². The van der Waals surface area contributed by atoms with Crippen molar-refractivity contribution in [2.45, 2.75) is 38.7 Å². The Labute approximate surface area is 68.4 Å². The molecule has 0 aliphatic heterocycles. The van der Waals surface area contributed by atoms with E-state index in [-0.39, 0.29) is 6.10 Å². The lowest BCUT2D eigenvalue weighted by Gasteiger charge is -2.19. The molecule has 0 saturated heterocycles. The van der Waals surface area contributed by atoms with E-state index in [1.807, 2.05) is 13.0 Å². The normalized spacial score (nSPS) is 21.6. The fourth-order valence-electron chi connectivity index (χ4n) is 1.66. The van der Waals surface area contributed by atoms with E-state index in [1.54, 1.807) is 0 Å². The van der Waals surface area contributed by atoms with Crippen LogP contribution in [0.15, 0.2) is 23.8 Å². The first-order chi connectivity index (χ1) is 5.25. The van der Waals surface area contributed by atoms with E-state index in [1.165, 1.54) is 24.0 Å². The molecule has 0 spiro atoms. The smallest absolute Gasteiger partial charge is 0.0727 e. The summed E-state index contributed by atoms with van der Waals surface area (Å²) in [6.07, 6.45) is 6.24. The van der Waals surface area contributed by atoms with Gasteiger partial charge in [0.05, 0.1) is 6.10 Å². The van der Waals surface area contributed by atoms with Crippen LogP contribution in [0.25, 0.3) is 0 Å². The van der Waals surface area contributed by atoms with Gasteiger partial charge in [-0.1, -0.05) is 12.7 Å². The predicted molar refractivity (Wildman–Crippen MR) is 47.4 cm³/mol. The van der Waals surface area contributed by atoms with Gasteiger partial charge in [0.2, 0.25) is 0 Å². The average Bonchev–Trinajstić information content (AvgIpc) is 2.04. The summed E-state index contributed by atoms with van der Waals surface area (Å²) >= 11 is 0. The molecule has 11 heavy (non-hydrogen) atoms. The van der Waals surface area contributed by atoms with Crippen LogP contribution in [0.1, 0.15) is 32.6 Å². The Morgan fingerprint density at radius 2 is 2.09 bits per heavy atom. The minimum Gasteiger partial charge on any atom is -0.389 e. The number of aliphatic hydroxyl groups excluding tert-OH is 1. The molecule has 0 radical (unpaired) electrons. The molecule has 0 heterocycles. The van der Waals surface area contributed by atoms with Gasteiger partial charge in [0.15, 0.2) is 0 Å². The minimum absolute atomic E-state index is 0.275. The molecule has 1 atom stereocenters. The summed E-state index contributed by atoms with van der Waals surface area (Å²) in [6.45, 7) is 5.59. The maximum atomic E-state index is 9.37. The predicted octanol–water partition coefficient (Wildman–Crippen LogP) is 2.42. The van der Waals surface area contributed by atoms with Crippen molar-refractivity contribution in [3.05, 3.63) is 23.8 Å².